The zero-order valence-corrected chi connectivity index (χ0v) is 20.2. The summed E-state index contributed by atoms with van der Waals surface area (Å²) in [6.45, 7) is 5.01. The van der Waals surface area contributed by atoms with Crippen LogP contribution in [-0.4, -0.2) is 74.9 Å². The number of fused-ring (bicyclic) bond motifs is 1. The Bertz CT molecular complexity index is 1190. The maximum atomic E-state index is 13.3. The van der Waals surface area contributed by atoms with E-state index in [1.807, 2.05) is 21.6 Å². The maximum absolute atomic E-state index is 13.3. The summed E-state index contributed by atoms with van der Waals surface area (Å²) < 4.78 is 8.81. The second-order valence-corrected chi connectivity index (χ2v) is 9.49. The minimum atomic E-state index is -0.0329. The fourth-order valence-corrected chi connectivity index (χ4v) is 5.46. The summed E-state index contributed by atoms with van der Waals surface area (Å²) in [4.78, 5) is 30.9. The molecule has 2 fully saturated rings. The van der Waals surface area contributed by atoms with Gasteiger partial charge < -0.3 is 9.64 Å². The van der Waals surface area contributed by atoms with E-state index in [4.69, 9.17) is 4.74 Å². The number of piperidine rings is 2. The van der Waals surface area contributed by atoms with E-state index in [1.54, 1.807) is 30.1 Å². The number of amides is 1. The van der Waals surface area contributed by atoms with Crippen LogP contribution in [0, 0.1) is 18.1 Å². The van der Waals surface area contributed by atoms with Crippen molar-refractivity contribution in [1.82, 2.24) is 29.1 Å². The van der Waals surface area contributed by atoms with Gasteiger partial charge in [0, 0.05) is 44.9 Å². The second-order valence-electron chi connectivity index (χ2n) is 9.49. The molecule has 2 saturated heterocycles. The van der Waals surface area contributed by atoms with E-state index < -0.39 is 0 Å². The summed E-state index contributed by atoms with van der Waals surface area (Å²) >= 11 is 0. The molecule has 184 valence electrons. The fraction of sp³-hybridized carbons (Fsp3) is 0.538. The first-order valence-corrected chi connectivity index (χ1v) is 12.4. The lowest BCUT2D eigenvalue weighted by Gasteiger charge is -2.37. The van der Waals surface area contributed by atoms with Gasteiger partial charge in [-0.1, -0.05) is 6.07 Å². The van der Waals surface area contributed by atoms with Crippen LogP contribution in [0.25, 0.3) is 11.0 Å². The Morgan fingerprint density at radius 3 is 2.63 bits per heavy atom. The molecule has 1 aromatic carbocycles. The molecule has 0 spiro atoms. The van der Waals surface area contributed by atoms with Crippen LogP contribution < -0.4 is 5.69 Å². The third-order valence-electron chi connectivity index (χ3n) is 7.37. The lowest BCUT2D eigenvalue weighted by atomic mass is 9.93. The van der Waals surface area contributed by atoms with Gasteiger partial charge in [-0.25, -0.2) is 4.79 Å². The van der Waals surface area contributed by atoms with Crippen molar-refractivity contribution in [3.63, 3.8) is 0 Å². The molecule has 0 radical (unpaired) electrons. The monoisotopic (exact) mass is 476 g/mol. The van der Waals surface area contributed by atoms with Crippen LogP contribution in [0.1, 0.15) is 37.3 Å². The number of nitrogens with zero attached hydrogens (tertiary/aromatic N) is 6. The average molecular weight is 477 g/mol. The summed E-state index contributed by atoms with van der Waals surface area (Å²) in [5, 5.41) is 7.79. The van der Waals surface area contributed by atoms with E-state index in [-0.39, 0.29) is 23.6 Å². The molecule has 0 saturated carbocycles. The highest BCUT2D eigenvalue weighted by Crippen LogP contribution is 2.28. The highest BCUT2D eigenvalue weighted by atomic mass is 16.5. The van der Waals surface area contributed by atoms with E-state index in [0.717, 1.165) is 61.9 Å². The van der Waals surface area contributed by atoms with Crippen molar-refractivity contribution in [3.05, 3.63) is 58.8 Å². The number of ether oxygens (including phenoxy) is 1. The molecule has 0 aliphatic carbocycles. The molecule has 9 nitrogen and oxygen atoms in total. The number of aromatic nitrogens is 4. The molecule has 0 unspecified atom stereocenters. The van der Waals surface area contributed by atoms with Crippen molar-refractivity contribution in [2.24, 2.45) is 5.92 Å². The number of imidazole rings is 1. The van der Waals surface area contributed by atoms with Crippen molar-refractivity contribution in [2.45, 2.75) is 44.8 Å². The normalized spacial score (nSPS) is 18.1. The molecule has 0 N–H and O–H groups in total. The van der Waals surface area contributed by atoms with E-state index in [1.165, 1.54) is 0 Å². The molecular weight excluding hydrogens is 444 g/mol. The van der Waals surface area contributed by atoms with Gasteiger partial charge in [-0.3, -0.25) is 18.8 Å². The van der Waals surface area contributed by atoms with Crippen LogP contribution in [0.5, 0.6) is 0 Å². The second kappa shape index (κ2) is 10.6. The Kier molecular flexibility index (Phi) is 7.11. The third-order valence-corrected chi connectivity index (χ3v) is 7.37. The van der Waals surface area contributed by atoms with Gasteiger partial charge >= 0.3 is 5.69 Å². The van der Waals surface area contributed by atoms with Gasteiger partial charge in [0.25, 0.3) is 0 Å². The SMILES string of the molecule is COCCn1c(=O)n(C2CCN(C(=O)C3CCN(Cc4ccnnc4)CC3)CC2)c2ccc#cc21. The molecular formula is C26H32N6O3. The molecule has 2 aliphatic rings. The number of hydrogen-bond donors (Lipinski definition) is 0. The lowest BCUT2D eigenvalue weighted by molar-refractivity contribution is -0.138. The summed E-state index contributed by atoms with van der Waals surface area (Å²) in [6.07, 6.45) is 6.85. The maximum Gasteiger partial charge on any atom is 0.329 e. The van der Waals surface area contributed by atoms with Crippen molar-refractivity contribution < 1.29 is 9.53 Å². The van der Waals surface area contributed by atoms with Gasteiger partial charge in [-0.15, -0.1) is 0 Å². The standard InChI is InChI=1S/C26H32N6O3/c1-35-17-16-31-23-4-2-3-5-24(23)32(26(31)34)22-9-14-30(15-10-22)25(33)21-7-12-29(13-8-21)19-20-6-11-27-28-18-20/h3,5-6,11,18,21-22H,7-10,12-17,19H2,1H3. The molecule has 2 aromatic heterocycles. The first-order valence-electron chi connectivity index (χ1n) is 12.4. The Hall–Kier alpha value is -3.22. The third kappa shape index (κ3) is 4.95. The van der Waals surface area contributed by atoms with Crippen LogP contribution in [0.3, 0.4) is 0 Å². The van der Waals surface area contributed by atoms with Gasteiger partial charge in [-0.05, 0) is 68.6 Å². The van der Waals surface area contributed by atoms with E-state index in [9.17, 15) is 9.59 Å². The van der Waals surface area contributed by atoms with Crippen molar-refractivity contribution in [2.75, 3.05) is 39.9 Å². The van der Waals surface area contributed by atoms with Crippen LogP contribution in [0.4, 0.5) is 0 Å². The van der Waals surface area contributed by atoms with E-state index >= 15 is 0 Å². The first kappa shape index (κ1) is 23.5. The number of hydrogen-bond acceptors (Lipinski definition) is 6. The number of carbonyl (C=O) groups excluding carboxylic acids is 1. The summed E-state index contributed by atoms with van der Waals surface area (Å²) in [5.41, 5.74) is 2.77. The van der Waals surface area contributed by atoms with Gasteiger partial charge in [-0.2, -0.15) is 10.2 Å². The molecule has 5 rings (SSSR count). The van der Waals surface area contributed by atoms with Crippen LogP contribution >= 0.6 is 0 Å². The molecule has 3 aromatic rings. The smallest absolute Gasteiger partial charge is 0.329 e. The van der Waals surface area contributed by atoms with E-state index in [0.29, 0.717) is 26.2 Å². The Balaban J connectivity index is 1.19. The number of likely N-dealkylation sites (tertiary alicyclic amines) is 2. The zero-order chi connectivity index (χ0) is 24.2. The Labute approximate surface area is 205 Å². The summed E-state index contributed by atoms with van der Waals surface area (Å²) in [7, 11) is 1.63. The largest absolute Gasteiger partial charge is 0.383 e. The molecule has 35 heavy (non-hydrogen) atoms. The molecule has 1 amide bonds. The lowest BCUT2D eigenvalue weighted by Crippen LogP contribution is -2.46. The highest BCUT2D eigenvalue weighted by molar-refractivity contribution is 5.79. The minimum Gasteiger partial charge on any atom is -0.383 e. The highest BCUT2D eigenvalue weighted by Gasteiger charge is 2.32. The van der Waals surface area contributed by atoms with Gasteiger partial charge in [0.1, 0.15) is 5.52 Å². The summed E-state index contributed by atoms with van der Waals surface area (Å²) in [5.74, 6) is 0.355. The summed E-state index contributed by atoms with van der Waals surface area (Å²) in [6, 6.07) is 11.9. The Morgan fingerprint density at radius 1 is 1.11 bits per heavy atom. The minimum absolute atomic E-state index is 0.0329. The van der Waals surface area contributed by atoms with Gasteiger partial charge in [0.15, 0.2) is 0 Å². The molecule has 2 aliphatic heterocycles. The fourth-order valence-electron chi connectivity index (χ4n) is 5.46. The topological polar surface area (TPSA) is 85.5 Å². The molecule has 0 bridgehead atoms. The predicted molar refractivity (Wildman–Crippen MR) is 131 cm³/mol. The van der Waals surface area contributed by atoms with Gasteiger partial charge in [0.05, 0.1) is 24.9 Å². The molecule has 4 heterocycles. The number of rotatable bonds is 7. The molecule has 0 atom stereocenters. The van der Waals surface area contributed by atoms with Crippen LogP contribution in [0.2, 0.25) is 0 Å². The van der Waals surface area contributed by atoms with Crippen molar-refractivity contribution in [1.29, 1.82) is 0 Å². The predicted octanol–water partition coefficient (Wildman–Crippen LogP) is 1.92. The molecule has 9 heteroatoms. The Morgan fingerprint density at radius 2 is 1.91 bits per heavy atom. The first-order chi connectivity index (χ1) is 17.2. The number of methoxy groups -OCH3 is 1. The average Bonchev–Trinajstić information content (AvgIpc) is 3.19. The zero-order valence-electron chi connectivity index (χ0n) is 20.2. The van der Waals surface area contributed by atoms with Gasteiger partial charge in [0.2, 0.25) is 5.91 Å². The van der Waals surface area contributed by atoms with Crippen molar-refractivity contribution in [3.8, 4) is 0 Å². The van der Waals surface area contributed by atoms with E-state index in [2.05, 4.69) is 27.2 Å². The number of carbonyl (C=O) groups is 1. The van der Waals surface area contributed by atoms with Crippen LogP contribution in [-0.2, 0) is 22.6 Å². The van der Waals surface area contributed by atoms with Crippen molar-refractivity contribution >= 4 is 16.9 Å². The van der Waals surface area contributed by atoms with Crippen LogP contribution in [0.15, 0.2) is 35.4 Å². The quantitative estimate of drug-likeness (QED) is 0.518.